The van der Waals surface area contributed by atoms with Crippen molar-refractivity contribution in [3.63, 3.8) is 0 Å². The molecule has 3 rings (SSSR count). The van der Waals surface area contributed by atoms with E-state index < -0.39 is 6.04 Å². The SMILES string of the molecule is CN(C)C(C(=O)N1CCN(c2cnccn2)CC1)c1ccccc1F. The number of nitrogens with zero attached hydrogens (tertiary/aromatic N) is 5. The minimum Gasteiger partial charge on any atom is -0.352 e. The smallest absolute Gasteiger partial charge is 0.244 e. The van der Waals surface area contributed by atoms with Crippen molar-refractivity contribution in [1.82, 2.24) is 19.8 Å². The molecule has 0 spiro atoms. The zero-order valence-corrected chi connectivity index (χ0v) is 14.5. The molecule has 1 atom stereocenters. The van der Waals surface area contributed by atoms with Gasteiger partial charge < -0.3 is 9.80 Å². The molecule has 1 fully saturated rings. The Morgan fingerprint density at radius 2 is 1.88 bits per heavy atom. The van der Waals surface area contributed by atoms with Gasteiger partial charge in [0.25, 0.3) is 0 Å². The molecule has 1 aromatic carbocycles. The molecule has 7 heteroatoms. The number of hydrogen-bond acceptors (Lipinski definition) is 5. The Labute approximate surface area is 146 Å². The van der Waals surface area contributed by atoms with Crippen molar-refractivity contribution in [1.29, 1.82) is 0 Å². The van der Waals surface area contributed by atoms with E-state index in [-0.39, 0.29) is 11.7 Å². The molecule has 2 aromatic rings. The quantitative estimate of drug-likeness (QED) is 0.843. The second kappa shape index (κ2) is 7.57. The third-order valence-electron chi connectivity index (χ3n) is 4.42. The second-order valence-electron chi connectivity index (χ2n) is 6.26. The molecular weight excluding hydrogens is 321 g/mol. The Morgan fingerprint density at radius 1 is 1.16 bits per heavy atom. The molecule has 1 aromatic heterocycles. The fraction of sp³-hybridized carbons (Fsp3) is 0.389. The lowest BCUT2D eigenvalue weighted by molar-refractivity contribution is -0.136. The summed E-state index contributed by atoms with van der Waals surface area (Å²) in [6.45, 7) is 2.52. The lowest BCUT2D eigenvalue weighted by Gasteiger charge is -2.38. The summed E-state index contributed by atoms with van der Waals surface area (Å²) in [5.74, 6) is 0.384. The van der Waals surface area contributed by atoms with E-state index in [2.05, 4.69) is 14.9 Å². The van der Waals surface area contributed by atoms with Crippen LogP contribution in [0.25, 0.3) is 0 Å². The molecule has 1 aliphatic heterocycles. The Balaban J connectivity index is 1.71. The highest BCUT2D eigenvalue weighted by molar-refractivity contribution is 5.83. The maximum Gasteiger partial charge on any atom is 0.244 e. The average molecular weight is 343 g/mol. The van der Waals surface area contributed by atoms with E-state index in [4.69, 9.17) is 0 Å². The summed E-state index contributed by atoms with van der Waals surface area (Å²) in [6.07, 6.45) is 5.02. The van der Waals surface area contributed by atoms with E-state index in [1.165, 1.54) is 6.07 Å². The fourth-order valence-corrected chi connectivity index (χ4v) is 3.11. The van der Waals surface area contributed by atoms with Crippen LogP contribution in [0.3, 0.4) is 0 Å². The normalized spacial score (nSPS) is 16.2. The van der Waals surface area contributed by atoms with Gasteiger partial charge in [0.15, 0.2) is 0 Å². The van der Waals surface area contributed by atoms with E-state index in [9.17, 15) is 9.18 Å². The number of benzene rings is 1. The average Bonchev–Trinajstić information content (AvgIpc) is 2.64. The molecule has 0 saturated carbocycles. The maximum atomic E-state index is 14.2. The van der Waals surface area contributed by atoms with Crippen molar-refractivity contribution in [2.45, 2.75) is 6.04 Å². The minimum absolute atomic E-state index is 0.0751. The summed E-state index contributed by atoms with van der Waals surface area (Å²) in [5, 5.41) is 0. The summed E-state index contributed by atoms with van der Waals surface area (Å²) < 4.78 is 14.2. The zero-order valence-electron chi connectivity index (χ0n) is 14.5. The van der Waals surface area contributed by atoms with Gasteiger partial charge in [-0.25, -0.2) is 9.37 Å². The summed E-state index contributed by atoms with van der Waals surface area (Å²) in [4.78, 5) is 27.0. The molecule has 1 saturated heterocycles. The Morgan fingerprint density at radius 3 is 2.48 bits per heavy atom. The number of piperazine rings is 1. The molecular formula is C18H22FN5O. The highest BCUT2D eigenvalue weighted by atomic mass is 19.1. The van der Waals surface area contributed by atoms with Crippen LogP contribution in [0.5, 0.6) is 0 Å². The van der Waals surface area contributed by atoms with Crippen molar-refractivity contribution < 1.29 is 9.18 Å². The van der Waals surface area contributed by atoms with E-state index in [0.29, 0.717) is 31.7 Å². The van der Waals surface area contributed by atoms with Crippen LogP contribution >= 0.6 is 0 Å². The van der Waals surface area contributed by atoms with Crippen molar-refractivity contribution in [3.8, 4) is 0 Å². The van der Waals surface area contributed by atoms with Crippen LogP contribution in [0.1, 0.15) is 11.6 Å². The molecule has 0 aliphatic carbocycles. The molecule has 0 bridgehead atoms. The number of rotatable bonds is 4. The molecule has 2 heterocycles. The van der Waals surface area contributed by atoms with E-state index >= 15 is 0 Å². The number of carbonyl (C=O) groups excluding carboxylic acids is 1. The summed E-state index contributed by atoms with van der Waals surface area (Å²) >= 11 is 0. The van der Waals surface area contributed by atoms with Crippen LogP contribution < -0.4 is 4.90 Å². The lowest BCUT2D eigenvalue weighted by Crippen LogP contribution is -2.51. The minimum atomic E-state index is -0.621. The number of hydrogen-bond donors (Lipinski definition) is 0. The van der Waals surface area contributed by atoms with Gasteiger partial charge in [0, 0.05) is 44.1 Å². The van der Waals surface area contributed by atoms with Crippen LogP contribution in [-0.2, 0) is 4.79 Å². The monoisotopic (exact) mass is 343 g/mol. The van der Waals surface area contributed by atoms with Gasteiger partial charge in [-0.15, -0.1) is 0 Å². The molecule has 6 nitrogen and oxygen atoms in total. The van der Waals surface area contributed by atoms with Crippen LogP contribution in [0.15, 0.2) is 42.9 Å². The highest BCUT2D eigenvalue weighted by Crippen LogP contribution is 2.24. The first-order chi connectivity index (χ1) is 12.1. The van der Waals surface area contributed by atoms with Crippen molar-refractivity contribution in [2.24, 2.45) is 0 Å². The number of carbonyl (C=O) groups is 1. The fourth-order valence-electron chi connectivity index (χ4n) is 3.11. The first-order valence-electron chi connectivity index (χ1n) is 8.28. The lowest BCUT2D eigenvalue weighted by atomic mass is 10.0. The molecule has 0 radical (unpaired) electrons. The standard InChI is InChI=1S/C18H22FN5O/c1-22(2)17(14-5-3-4-6-15(14)19)18(25)24-11-9-23(10-12-24)16-13-20-7-8-21-16/h3-8,13,17H,9-12H2,1-2H3. The van der Waals surface area contributed by atoms with Crippen LogP contribution in [0, 0.1) is 5.82 Å². The van der Waals surface area contributed by atoms with E-state index in [0.717, 1.165) is 5.82 Å². The molecule has 1 amide bonds. The van der Waals surface area contributed by atoms with E-state index in [1.54, 1.807) is 60.7 Å². The van der Waals surface area contributed by atoms with Crippen LogP contribution in [0.4, 0.5) is 10.2 Å². The first kappa shape index (κ1) is 17.3. The number of likely N-dealkylation sites (N-methyl/N-ethyl adjacent to an activating group) is 1. The number of aromatic nitrogens is 2. The summed E-state index contributed by atoms with van der Waals surface area (Å²) in [6, 6.07) is 5.84. The van der Waals surface area contributed by atoms with Gasteiger partial charge in [-0.2, -0.15) is 0 Å². The highest BCUT2D eigenvalue weighted by Gasteiger charge is 2.31. The number of amides is 1. The Bertz CT molecular complexity index is 716. The van der Waals surface area contributed by atoms with Gasteiger partial charge >= 0.3 is 0 Å². The molecule has 25 heavy (non-hydrogen) atoms. The predicted octanol–water partition coefficient (Wildman–Crippen LogP) is 1.57. The molecule has 1 aliphatic rings. The summed E-state index contributed by atoms with van der Waals surface area (Å²) in [7, 11) is 3.59. The molecule has 1 unspecified atom stereocenters. The second-order valence-corrected chi connectivity index (χ2v) is 6.26. The van der Waals surface area contributed by atoms with Gasteiger partial charge in [0.2, 0.25) is 5.91 Å². The van der Waals surface area contributed by atoms with Gasteiger partial charge in [0.05, 0.1) is 6.20 Å². The van der Waals surface area contributed by atoms with Crippen LogP contribution in [0.2, 0.25) is 0 Å². The topological polar surface area (TPSA) is 52.6 Å². The van der Waals surface area contributed by atoms with Gasteiger partial charge in [-0.05, 0) is 20.2 Å². The predicted molar refractivity (Wildman–Crippen MR) is 93.7 cm³/mol. The third kappa shape index (κ3) is 3.76. The molecule has 132 valence electrons. The number of anilines is 1. The Kier molecular flexibility index (Phi) is 5.23. The number of halogens is 1. The van der Waals surface area contributed by atoms with Gasteiger partial charge in [0.1, 0.15) is 17.7 Å². The zero-order chi connectivity index (χ0) is 17.8. The van der Waals surface area contributed by atoms with Crippen molar-refractivity contribution >= 4 is 11.7 Å². The van der Waals surface area contributed by atoms with Crippen molar-refractivity contribution in [3.05, 3.63) is 54.2 Å². The van der Waals surface area contributed by atoms with Gasteiger partial charge in [-0.1, -0.05) is 18.2 Å². The maximum absolute atomic E-state index is 14.2. The molecule has 0 N–H and O–H groups in total. The first-order valence-corrected chi connectivity index (χ1v) is 8.28. The Hall–Kier alpha value is -2.54. The summed E-state index contributed by atoms with van der Waals surface area (Å²) in [5.41, 5.74) is 0.411. The third-order valence-corrected chi connectivity index (χ3v) is 4.42. The van der Waals surface area contributed by atoms with Gasteiger partial charge in [-0.3, -0.25) is 14.7 Å². The van der Waals surface area contributed by atoms with Crippen molar-refractivity contribution in [2.75, 3.05) is 45.2 Å². The largest absolute Gasteiger partial charge is 0.352 e. The van der Waals surface area contributed by atoms with E-state index in [1.807, 2.05) is 0 Å². The van der Waals surface area contributed by atoms with Crippen LogP contribution in [-0.4, -0.2) is 65.9 Å².